The van der Waals surface area contributed by atoms with Crippen LogP contribution in [0.25, 0.3) is 5.69 Å². The Labute approximate surface area is 165 Å². The first kappa shape index (κ1) is 20.7. The molecule has 6 nitrogen and oxygen atoms in total. The van der Waals surface area contributed by atoms with Crippen LogP contribution in [0.5, 0.6) is 0 Å². The summed E-state index contributed by atoms with van der Waals surface area (Å²) in [5.41, 5.74) is 6.78. The summed E-state index contributed by atoms with van der Waals surface area (Å²) in [5.74, 6) is 0.771. The summed E-state index contributed by atoms with van der Waals surface area (Å²) in [7, 11) is 0. The van der Waals surface area contributed by atoms with Crippen molar-refractivity contribution in [1.29, 1.82) is 0 Å². The molecule has 1 unspecified atom stereocenters. The number of likely N-dealkylation sites (tertiary alicyclic amines) is 1. The molecule has 0 spiro atoms. The number of nitrogens with zero attached hydrogens (tertiary/aromatic N) is 4. The molecule has 1 saturated heterocycles. The van der Waals surface area contributed by atoms with E-state index in [1.54, 1.807) is 15.6 Å². The van der Waals surface area contributed by atoms with Crippen molar-refractivity contribution >= 4 is 29.9 Å². The molecule has 1 aromatic carbocycles. The van der Waals surface area contributed by atoms with Gasteiger partial charge in [-0.2, -0.15) is 0 Å². The predicted octanol–water partition coefficient (Wildman–Crippen LogP) is 3.10. The number of benzene rings is 1. The highest BCUT2D eigenvalue weighted by molar-refractivity contribution is 6.32. The number of para-hydroxylation sites is 1. The molecule has 1 amide bonds. The van der Waals surface area contributed by atoms with Gasteiger partial charge in [0.05, 0.1) is 10.7 Å². The van der Waals surface area contributed by atoms with Crippen LogP contribution in [0.1, 0.15) is 43.6 Å². The van der Waals surface area contributed by atoms with Gasteiger partial charge in [0.25, 0.3) is 5.91 Å². The van der Waals surface area contributed by atoms with Crippen molar-refractivity contribution in [2.75, 3.05) is 13.1 Å². The summed E-state index contributed by atoms with van der Waals surface area (Å²) in [5, 5.41) is 5.03. The molecular weight excluding hydrogens is 373 g/mol. The highest BCUT2D eigenvalue weighted by Gasteiger charge is 2.36. The smallest absolute Gasteiger partial charge is 0.293 e. The number of halogens is 2. The lowest BCUT2D eigenvalue weighted by molar-refractivity contribution is 0.0521. The molecule has 0 aliphatic carbocycles. The summed E-state index contributed by atoms with van der Waals surface area (Å²) in [6, 6.07) is 7.51. The zero-order valence-electron chi connectivity index (χ0n) is 15.3. The third kappa shape index (κ3) is 3.87. The number of rotatable bonds is 3. The second-order valence-electron chi connectivity index (χ2n) is 7.18. The summed E-state index contributed by atoms with van der Waals surface area (Å²) in [6.07, 6.45) is 1.44. The first-order chi connectivity index (χ1) is 11.8. The zero-order chi connectivity index (χ0) is 18.2. The van der Waals surface area contributed by atoms with Crippen LogP contribution in [0.15, 0.2) is 24.3 Å². The lowest BCUT2D eigenvalue weighted by Crippen LogP contribution is -2.54. The van der Waals surface area contributed by atoms with Crippen LogP contribution in [-0.2, 0) is 6.42 Å². The van der Waals surface area contributed by atoms with Crippen molar-refractivity contribution in [3.8, 4) is 5.69 Å². The molecule has 1 aromatic heterocycles. The molecule has 2 heterocycles. The van der Waals surface area contributed by atoms with E-state index < -0.39 is 0 Å². The van der Waals surface area contributed by atoms with Crippen LogP contribution in [0.4, 0.5) is 0 Å². The number of aromatic nitrogens is 3. The third-order valence-electron chi connectivity index (χ3n) is 4.86. The van der Waals surface area contributed by atoms with Gasteiger partial charge in [-0.3, -0.25) is 4.79 Å². The molecule has 3 rings (SSSR count). The molecule has 1 aliphatic heterocycles. The molecular formula is C18H25Cl2N5O. The number of nitrogens with two attached hydrogens (primary N) is 1. The number of piperidine rings is 1. The Bertz CT molecular complexity index is 790. The van der Waals surface area contributed by atoms with Crippen molar-refractivity contribution in [3.63, 3.8) is 0 Å². The van der Waals surface area contributed by atoms with E-state index in [1.807, 2.05) is 25.1 Å². The van der Waals surface area contributed by atoms with Gasteiger partial charge in [-0.05, 0) is 24.0 Å². The summed E-state index contributed by atoms with van der Waals surface area (Å²) in [4.78, 5) is 19.2. The van der Waals surface area contributed by atoms with E-state index in [2.05, 4.69) is 23.9 Å². The number of carbonyl (C=O) groups is 1. The molecule has 0 bridgehead atoms. The second-order valence-corrected chi connectivity index (χ2v) is 7.59. The molecule has 26 heavy (non-hydrogen) atoms. The number of amides is 1. The average Bonchev–Trinajstić information content (AvgIpc) is 3.01. The summed E-state index contributed by atoms with van der Waals surface area (Å²) < 4.78 is 1.66. The minimum absolute atomic E-state index is 0. The Hall–Kier alpha value is -1.63. The number of hydrogen-bond donors (Lipinski definition) is 1. The normalized spacial score (nSPS) is 19.1. The van der Waals surface area contributed by atoms with Gasteiger partial charge >= 0.3 is 0 Å². The molecule has 0 radical (unpaired) electrons. The number of carbonyl (C=O) groups excluding carboxylic acids is 1. The molecule has 2 N–H and O–H groups in total. The molecule has 142 valence electrons. The molecule has 1 fully saturated rings. The van der Waals surface area contributed by atoms with Gasteiger partial charge < -0.3 is 10.6 Å². The quantitative estimate of drug-likeness (QED) is 0.862. The van der Waals surface area contributed by atoms with Gasteiger partial charge in [-0.25, -0.2) is 9.67 Å². The fourth-order valence-electron chi connectivity index (χ4n) is 3.17. The number of hydrogen-bond acceptors (Lipinski definition) is 4. The van der Waals surface area contributed by atoms with Crippen LogP contribution < -0.4 is 5.73 Å². The van der Waals surface area contributed by atoms with Crippen molar-refractivity contribution in [2.24, 2.45) is 11.1 Å². The van der Waals surface area contributed by atoms with Gasteiger partial charge in [-0.1, -0.05) is 44.5 Å². The Morgan fingerprint density at radius 1 is 1.38 bits per heavy atom. The van der Waals surface area contributed by atoms with Crippen LogP contribution in [0.2, 0.25) is 5.02 Å². The Balaban J connectivity index is 0.00000243. The second kappa shape index (κ2) is 7.94. The SMILES string of the molecule is CCc1nc(C(=O)N2CCC(N)C(C)(C)C2)nn1-c1ccccc1Cl.Cl. The highest BCUT2D eigenvalue weighted by atomic mass is 35.5. The number of aryl methyl sites for hydroxylation is 1. The molecule has 1 aliphatic rings. The molecule has 0 saturated carbocycles. The molecule has 2 aromatic rings. The van der Waals surface area contributed by atoms with Gasteiger partial charge in [-0.15, -0.1) is 17.5 Å². The van der Waals surface area contributed by atoms with Crippen LogP contribution >= 0.6 is 24.0 Å². The standard InChI is InChI=1S/C18H24ClN5O.ClH/c1-4-15-21-16(22-24(15)13-8-6-5-7-12(13)19)17(25)23-10-9-14(20)18(2,3)11-23;/h5-8,14H,4,9-11,20H2,1-3H3;1H. The van der Waals surface area contributed by atoms with Crippen molar-refractivity contribution in [1.82, 2.24) is 19.7 Å². The van der Waals surface area contributed by atoms with Crippen LogP contribution in [-0.4, -0.2) is 44.7 Å². The minimum atomic E-state index is -0.152. The Kier molecular flexibility index (Phi) is 6.32. The Morgan fingerprint density at radius 3 is 2.69 bits per heavy atom. The van der Waals surface area contributed by atoms with Gasteiger partial charge in [0, 0.05) is 25.6 Å². The van der Waals surface area contributed by atoms with Gasteiger partial charge in [0.15, 0.2) is 0 Å². The molecule has 8 heteroatoms. The minimum Gasteiger partial charge on any atom is -0.335 e. The monoisotopic (exact) mass is 397 g/mol. The first-order valence-electron chi connectivity index (χ1n) is 8.59. The maximum atomic E-state index is 12.9. The molecule has 1 atom stereocenters. The van der Waals surface area contributed by atoms with Crippen molar-refractivity contribution in [3.05, 3.63) is 40.9 Å². The third-order valence-corrected chi connectivity index (χ3v) is 5.18. The maximum absolute atomic E-state index is 12.9. The highest BCUT2D eigenvalue weighted by Crippen LogP contribution is 2.28. The Morgan fingerprint density at radius 2 is 2.08 bits per heavy atom. The lowest BCUT2D eigenvalue weighted by Gasteiger charge is -2.42. The predicted molar refractivity (Wildman–Crippen MR) is 105 cm³/mol. The average molecular weight is 398 g/mol. The summed E-state index contributed by atoms with van der Waals surface area (Å²) >= 11 is 6.28. The van der Waals surface area contributed by atoms with E-state index in [4.69, 9.17) is 17.3 Å². The summed E-state index contributed by atoms with van der Waals surface area (Å²) in [6.45, 7) is 7.39. The van der Waals surface area contributed by atoms with Crippen molar-refractivity contribution in [2.45, 2.75) is 39.7 Å². The lowest BCUT2D eigenvalue weighted by atomic mass is 9.79. The van der Waals surface area contributed by atoms with Crippen LogP contribution in [0.3, 0.4) is 0 Å². The van der Waals surface area contributed by atoms with E-state index >= 15 is 0 Å². The largest absolute Gasteiger partial charge is 0.335 e. The van der Waals surface area contributed by atoms with Crippen LogP contribution in [0, 0.1) is 5.41 Å². The van der Waals surface area contributed by atoms with E-state index in [0.29, 0.717) is 30.4 Å². The zero-order valence-corrected chi connectivity index (χ0v) is 16.8. The fourth-order valence-corrected chi connectivity index (χ4v) is 3.38. The maximum Gasteiger partial charge on any atom is 0.293 e. The van der Waals surface area contributed by atoms with Gasteiger partial charge in [0.2, 0.25) is 5.82 Å². The van der Waals surface area contributed by atoms with Gasteiger partial charge in [0.1, 0.15) is 5.82 Å². The topological polar surface area (TPSA) is 77.0 Å². The van der Waals surface area contributed by atoms with E-state index in [1.165, 1.54) is 0 Å². The van der Waals surface area contributed by atoms with E-state index in [0.717, 1.165) is 12.1 Å². The van der Waals surface area contributed by atoms with E-state index in [9.17, 15) is 4.79 Å². The van der Waals surface area contributed by atoms with Crippen molar-refractivity contribution < 1.29 is 4.79 Å². The van der Waals surface area contributed by atoms with E-state index in [-0.39, 0.29) is 35.6 Å². The fraction of sp³-hybridized carbons (Fsp3) is 0.500. The first-order valence-corrected chi connectivity index (χ1v) is 8.97.